The fourth-order valence-corrected chi connectivity index (χ4v) is 3.44. The quantitative estimate of drug-likeness (QED) is 0.538. The van der Waals surface area contributed by atoms with Crippen LogP contribution in [0, 0.1) is 0 Å². The summed E-state index contributed by atoms with van der Waals surface area (Å²) in [5.41, 5.74) is -1.56. The molecular formula is C20H34N2O2. The number of β-amino-alcohol motifs (C(OH)–C–C–N with tert-alkyl or cyclic N) is 2. The van der Waals surface area contributed by atoms with Crippen molar-refractivity contribution < 1.29 is 10.2 Å². The van der Waals surface area contributed by atoms with E-state index in [1.54, 1.807) is 24.3 Å². The van der Waals surface area contributed by atoms with Crippen molar-refractivity contribution in [2.75, 3.05) is 39.3 Å². The van der Waals surface area contributed by atoms with E-state index in [1.807, 2.05) is 0 Å². The monoisotopic (exact) mass is 334 g/mol. The summed E-state index contributed by atoms with van der Waals surface area (Å²) in [5, 5.41) is 21.4. The Labute approximate surface area is 147 Å². The molecule has 0 aromatic carbocycles. The van der Waals surface area contributed by atoms with Gasteiger partial charge in [0, 0.05) is 39.3 Å². The molecule has 1 rings (SSSR count). The summed E-state index contributed by atoms with van der Waals surface area (Å²) in [4.78, 5) is 4.56. The number of hydrogen-bond donors (Lipinski definition) is 2. The molecule has 1 saturated heterocycles. The summed E-state index contributed by atoms with van der Waals surface area (Å²) < 4.78 is 0. The summed E-state index contributed by atoms with van der Waals surface area (Å²) >= 11 is 0. The number of piperazine rings is 1. The number of rotatable bonds is 12. The van der Waals surface area contributed by atoms with Crippen LogP contribution in [-0.4, -0.2) is 70.5 Å². The van der Waals surface area contributed by atoms with Gasteiger partial charge in [0.05, 0.1) is 11.2 Å². The van der Waals surface area contributed by atoms with E-state index in [0.717, 1.165) is 26.2 Å². The van der Waals surface area contributed by atoms with Crippen molar-refractivity contribution in [1.29, 1.82) is 0 Å². The third-order valence-corrected chi connectivity index (χ3v) is 4.60. The first-order chi connectivity index (χ1) is 11.4. The summed E-state index contributed by atoms with van der Waals surface area (Å²) in [5.74, 6) is 0. The van der Waals surface area contributed by atoms with Crippen molar-refractivity contribution in [1.82, 2.24) is 9.80 Å². The molecule has 0 radical (unpaired) electrons. The van der Waals surface area contributed by atoms with Gasteiger partial charge in [0.25, 0.3) is 0 Å². The predicted molar refractivity (Wildman–Crippen MR) is 102 cm³/mol. The Morgan fingerprint density at radius 2 is 0.875 bits per heavy atom. The maximum Gasteiger partial charge on any atom is 0.0842 e. The van der Waals surface area contributed by atoms with Gasteiger partial charge in [-0.3, -0.25) is 9.80 Å². The maximum absolute atomic E-state index is 10.7. The SMILES string of the molecule is C=CCC(O)(CC=C)CN1CCN(CC(O)(CC=C)CC=C)CC1. The minimum atomic E-state index is -0.780. The molecule has 0 amide bonds. The fourth-order valence-electron chi connectivity index (χ4n) is 3.44. The van der Waals surface area contributed by atoms with E-state index in [2.05, 4.69) is 36.1 Å². The lowest BCUT2D eigenvalue weighted by Gasteiger charge is -2.41. The average Bonchev–Trinajstić information content (AvgIpc) is 2.50. The standard InChI is InChI=1S/C20H34N2O2/c1-5-9-19(23,10-6-2)17-21-13-15-22(16-14-21)18-20(24,11-7-3)12-8-4/h5-8,23-24H,1-4,9-18H2. The van der Waals surface area contributed by atoms with Crippen molar-refractivity contribution in [2.24, 2.45) is 0 Å². The molecule has 1 aliphatic heterocycles. The van der Waals surface area contributed by atoms with Crippen LogP contribution in [0.3, 0.4) is 0 Å². The predicted octanol–water partition coefficient (Wildman–Crippen LogP) is 2.37. The molecule has 1 heterocycles. The van der Waals surface area contributed by atoms with E-state index < -0.39 is 11.2 Å². The van der Waals surface area contributed by atoms with Crippen LogP contribution in [0.5, 0.6) is 0 Å². The lowest BCUT2D eigenvalue weighted by molar-refractivity contribution is -0.0280. The Morgan fingerprint density at radius 3 is 1.08 bits per heavy atom. The van der Waals surface area contributed by atoms with Crippen LogP contribution in [0.1, 0.15) is 25.7 Å². The lowest BCUT2D eigenvalue weighted by Crippen LogP contribution is -2.54. The summed E-state index contributed by atoms with van der Waals surface area (Å²) in [7, 11) is 0. The molecule has 0 unspecified atom stereocenters. The van der Waals surface area contributed by atoms with Crippen LogP contribution in [0.25, 0.3) is 0 Å². The highest BCUT2D eigenvalue weighted by atomic mass is 16.3. The van der Waals surface area contributed by atoms with Crippen LogP contribution < -0.4 is 0 Å². The topological polar surface area (TPSA) is 46.9 Å². The Kier molecular flexibility index (Phi) is 8.63. The third kappa shape index (κ3) is 6.73. The van der Waals surface area contributed by atoms with E-state index >= 15 is 0 Å². The van der Waals surface area contributed by atoms with Gasteiger partial charge in [0.15, 0.2) is 0 Å². The third-order valence-electron chi connectivity index (χ3n) is 4.60. The van der Waals surface area contributed by atoms with E-state index in [0.29, 0.717) is 38.8 Å². The molecule has 0 saturated carbocycles. The zero-order valence-electron chi connectivity index (χ0n) is 15.0. The van der Waals surface area contributed by atoms with Crippen LogP contribution in [0.4, 0.5) is 0 Å². The van der Waals surface area contributed by atoms with Gasteiger partial charge >= 0.3 is 0 Å². The van der Waals surface area contributed by atoms with Gasteiger partial charge in [0.2, 0.25) is 0 Å². The molecule has 0 aliphatic carbocycles. The van der Waals surface area contributed by atoms with Gasteiger partial charge in [-0.1, -0.05) is 24.3 Å². The normalized spacial score (nSPS) is 17.4. The van der Waals surface area contributed by atoms with Crippen molar-refractivity contribution in [3.8, 4) is 0 Å². The summed E-state index contributed by atoms with van der Waals surface area (Å²) in [6.07, 6.45) is 9.34. The molecule has 1 fully saturated rings. The van der Waals surface area contributed by atoms with Crippen LogP contribution in [-0.2, 0) is 0 Å². The Morgan fingerprint density at radius 1 is 0.625 bits per heavy atom. The Bertz CT molecular complexity index is 365. The molecule has 0 spiro atoms. The second-order valence-electron chi connectivity index (χ2n) is 6.97. The number of aliphatic hydroxyl groups is 2. The van der Waals surface area contributed by atoms with Gasteiger partial charge < -0.3 is 10.2 Å². The second kappa shape index (κ2) is 9.94. The lowest BCUT2D eigenvalue weighted by atomic mass is 9.93. The molecule has 4 nitrogen and oxygen atoms in total. The molecule has 0 bridgehead atoms. The first kappa shape index (κ1) is 20.8. The van der Waals surface area contributed by atoms with Crippen molar-refractivity contribution >= 4 is 0 Å². The number of nitrogens with zero attached hydrogens (tertiary/aromatic N) is 2. The highest BCUT2D eigenvalue weighted by molar-refractivity contribution is 4.97. The first-order valence-corrected chi connectivity index (χ1v) is 8.73. The van der Waals surface area contributed by atoms with E-state index in [4.69, 9.17) is 0 Å². The van der Waals surface area contributed by atoms with Gasteiger partial charge in [-0.05, 0) is 25.7 Å². The largest absolute Gasteiger partial charge is 0.388 e. The summed E-state index contributed by atoms with van der Waals surface area (Å²) in [6.45, 7) is 19.8. The first-order valence-electron chi connectivity index (χ1n) is 8.73. The highest BCUT2D eigenvalue weighted by Gasteiger charge is 2.31. The van der Waals surface area contributed by atoms with Gasteiger partial charge in [-0.2, -0.15) is 0 Å². The summed E-state index contributed by atoms with van der Waals surface area (Å²) in [6, 6.07) is 0. The van der Waals surface area contributed by atoms with E-state index in [9.17, 15) is 10.2 Å². The fraction of sp³-hybridized carbons (Fsp3) is 0.600. The van der Waals surface area contributed by atoms with E-state index in [1.165, 1.54) is 0 Å². The minimum absolute atomic E-state index is 0.567. The molecule has 4 heteroatoms. The minimum Gasteiger partial charge on any atom is -0.388 e. The zero-order valence-corrected chi connectivity index (χ0v) is 15.0. The van der Waals surface area contributed by atoms with Gasteiger partial charge in [-0.25, -0.2) is 0 Å². The Hall–Kier alpha value is -1.20. The van der Waals surface area contributed by atoms with Gasteiger partial charge in [-0.15, -0.1) is 26.3 Å². The smallest absolute Gasteiger partial charge is 0.0842 e. The Balaban J connectivity index is 2.53. The number of hydrogen-bond acceptors (Lipinski definition) is 4. The molecule has 0 atom stereocenters. The molecular weight excluding hydrogens is 300 g/mol. The van der Waals surface area contributed by atoms with Gasteiger partial charge in [0.1, 0.15) is 0 Å². The average molecular weight is 335 g/mol. The molecule has 136 valence electrons. The van der Waals surface area contributed by atoms with Crippen molar-refractivity contribution in [3.63, 3.8) is 0 Å². The maximum atomic E-state index is 10.7. The van der Waals surface area contributed by atoms with Crippen molar-refractivity contribution in [2.45, 2.75) is 36.9 Å². The van der Waals surface area contributed by atoms with Crippen LogP contribution >= 0.6 is 0 Å². The molecule has 24 heavy (non-hydrogen) atoms. The molecule has 2 N–H and O–H groups in total. The van der Waals surface area contributed by atoms with Crippen LogP contribution in [0.2, 0.25) is 0 Å². The second-order valence-corrected chi connectivity index (χ2v) is 6.97. The highest BCUT2D eigenvalue weighted by Crippen LogP contribution is 2.22. The van der Waals surface area contributed by atoms with Crippen LogP contribution in [0.15, 0.2) is 50.6 Å². The zero-order chi connectivity index (χ0) is 18.1. The molecule has 0 aromatic heterocycles. The molecule has 0 aromatic rings. The van der Waals surface area contributed by atoms with E-state index in [-0.39, 0.29) is 0 Å². The molecule has 1 aliphatic rings. The van der Waals surface area contributed by atoms with Crippen molar-refractivity contribution in [3.05, 3.63) is 50.6 Å².